The van der Waals surface area contributed by atoms with Gasteiger partial charge in [-0.05, 0) is 23.8 Å². The number of aromatic nitrogens is 3. The molecule has 0 unspecified atom stereocenters. The van der Waals surface area contributed by atoms with E-state index in [1.54, 1.807) is 31.5 Å². The summed E-state index contributed by atoms with van der Waals surface area (Å²) >= 11 is 0. The first-order valence-electron chi connectivity index (χ1n) is 8.67. The second-order valence-electron chi connectivity index (χ2n) is 6.27. The van der Waals surface area contributed by atoms with Crippen LogP contribution in [0.1, 0.15) is 27.7 Å². The summed E-state index contributed by atoms with van der Waals surface area (Å²) < 4.78 is 10.5. The second kappa shape index (κ2) is 7.20. The smallest absolute Gasteiger partial charge is 0.273 e. The Morgan fingerprint density at radius 1 is 1.22 bits per heavy atom. The lowest BCUT2D eigenvalue weighted by molar-refractivity contribution is 0.0677. The van der Waals surface area contributed by atoms with Crippen LogP contribution in [0.15, 0.2) is 48.8 Å². The number of pyridine rings is 1. The Hall–Kier alpha value is -3.19. The van der Waals surface area contributed by atoms with Crippen LogP contribution in [0.4, 0.5) is 0 Å². The van der Waals surface area contributed by atoms with E-state index in [2.05, 4.69) is 15.2 Å². The highest BCUT2D eigenvalue weighted by molar-refractivity contribution is 6.00. The van der Waals surface area contributed by atoms with Gasteiger partial charge >= 0.3 is 0 Å². The first kappa shape index (κ1) is 17.2. The molecule has 0 fully saturated rings. The monoisotopic (exact) mass is 364 g/mol. The molecule has 1 N–H and O–H groups in total. The minimum atomic E-state index is -0.267. The van der Waals surface area contributed by atoms with Gasteiger partial charge in [-0.3, -0.25) is 14.9 Å². The molecule has 7 heteroatoms. The molecule has 2 aromatic heterocycles. The van der Waals surface area contributed by atoms with Crippen LogP contribution in [0.2, 0.25) is 0 Å². The van der Waals surface area contributed by atoms with Crippen LogP contribution < -0.4 is 4.74 Å². The van der Waals surface area contributed by atoms with E-state index in [1.165, 1.54) is 0 Å². The van der Waals surface area contributed by atoms with Gasteiger partial charge in [-0.1, -0.05) is 18.2 Å². The normalized spacial score (nSPS) is 15.9. The molecule has 0 saturated heterocycles. The van der Waals surface area contributed by atoms with Gasteiger partial charge in [-0.25, -0.2) is 0 Å². The maximum atomic E-state index is 13.0. The summed E-state index contributed by atoms with van der Waals surface area (Å²) in [7, 11) is 3.25. The molecule has 1 atom stereocenters. The number of H-pyrrole nitrogens is 1. The summed E-state index contributed by atoms with van der Waals surface area (Å²) in [5, 5.41) is 7.38. The average Bonchev–Trinajstić information content (AvgIpc) is 3.26. The van der Waals surface area contributed by atoms with Gasteiger partial charge in [0.2, 0.25) is 0 Å². The summed E-state index contributed by atoms with van der Waals surface area (Å²) in [6, 6.07) is 11.2. The van der Waals surface area contributed by atoms with Crippen molar-refractivity contribution in [3.8, 4) is 17.0 Å². The van der Waals surface area contributed by atoms with Crippen LogP contribution in [-0.4, -0.2) is 53.4 Å². The highest BCUT2D eigenvalue weighted by Gasteiger charge is 2.42. The number of methoxy groups -OCH3 is 2. The van der Waals surface area contributed by atoms with Crippen LogP contribution >= 0.6 is 0 Å². The number of nitrogens with zero attached hydrogens (tertiary/aromatic N) is 3. The highest BCUT2D eigenvalue weighted by atomic mass is 16.5. The number of aromatic amines is 1. The van der Waals surface area contributed by atoms with Crippen LogP contribution in [0.25, 0.3) is 11.3 Å². The number of carbonyl (C=O) groups excluding carboxylic acids is 1. The van der Waals surface area contributed by atoms with Crippen LogP contribution in [0.5, 0.6) is 5.75 Å². The fourth-order valence-electron chi connectivity index (χ4n) is 3.49. The van der Waals surface area contributed by atoms with Crippen molar-refractivity contribution >= 4 is 5.91 Å². The fourth-order valence-corrected chi connectivity index (χ4v) is 3.49. The topological polar surface area (TPSA) is 80.3 Å². The maximum absolute atomic E-state index is 13.0. The molecule has 27 heavy (non-hydrogen) atoms. The highest BCUT2D eigenvalue weighted by Crippen LogP contribution is 2.42. The van der Waals surface area contributed by atoms with Gasteiger partial charge in [0, 0.05) is 37.2 Å². The Morgan fingerprint density at radius 2 is 2.11 bits per heavy atom. The molecule has 1 amide bonds. The zero-order chi connectivity index (χ0) is 18.8. The van der Waals surface area contributed by atoms with Gasteiger partial charge in [-0.2, -0.15) is 5.10 Å². The minimum absolute atomic E-state index is 0.0856. The third-order valence-corrected chi connectivity index (χ3v) is 4.74. The maximum Gasteiger partial charge on any atom is 0.273 e. The Morgan fingerprint density at radius 3 is 2.85 bits per heavy atom. The van der Waals surface area contributed by atoms with E-state index in [0.717, 1.165) is 28.1 Å². The molecule has 7 nitrogen and oxygen atoms in total. The van der Waals surface area contributed by atoms with E-state index >= 15 is 0 Å². The van der Waals surface area contributed by atoms with Gasteiger partial charge in [-0.15, -0.1) is 0 Å². The predicted octanol–water partition coefficient (Wildman–Crippen LogP) is 2.67. The Kier molecular flexibility index (Phi) is 4.60. The molecule has 1 aromatic carbocycles. The Bertz CT molecular complexity index is 955. The third-order valence-electron chi connectivity index (χ3n) is 4.74. The number of fused-ring (bicyclic) bond motifs is 1. The van der Waals surface area contributed by atoms with Crippen molar-refractivity contribution in [2.75, 3.05) is 27.4 Å². The lowest BCUT2D eigenvalue weighted by atomic mass is 9.97. The van der Waals surface area contributed by atoms with Gasteiger partial charge in [0.05, 0.1) is 25.5 Å². The average molecular weight is 364 g/mol. The van der Waals surface area contributed by atoms with Gasteiger partial charge in [0.15, 0.2) is 0 Å². The number of amides is 1. The number of hydrogen-bond acceptors (Lipinski definition) is 5. The largest absolute Gasteiger partial charge is 0.497 e. The van der Waals surface area contributed by atoms with Crippen LogP contribution in [0.3, 0.4) is 0 Å². The zero-order valence-corrected chi connectivity index (χ0v) is 15.2. The summed E-state index contributed by atoms with van der Waals surface area (Å²) in [6.07, 6.45) is 3.51. The van der Waals surface area contributed by atoms with Gasteiger partial charge in [0.25, 0.3) is 5.91 Å². The number of hydrogen-bond donors (Lipinski definition) is 1. The lowest BCUT2D eigenvalue weighted by Crippen LogP contribution is -2.32. The lowest BCUT2D eigenvalue weighted by Gasteiger charge is -2.25. The standard InChI is InChI=1S/C20H20N4O3/c1-26-10-9-24-19(14-6-4-8-21-12-14)16-17(22-23-18(16)20(24)25)13-5-3-7-15(11-13)27-2/h3-8,11-12,19H,9-10H2,1-2H3,(H,22,23)/t19-/m0/s1. The third kappa shape index (κ3) is 2.96. The van der Waals surface area contributed by atoms with Crippen molar-refractivity contribution in [1.29, 1.82) is 0 Å². The quantitative estimate of drug-likeness (QED) is 0.727. The van der Waals surface area contributed by atoms with Crippen molar-refractivity contribution in [2.45, 2.75) is 6.04 Å². The molecule has 0 aliphatic carbocycles. The van der Waals surface area contributed by atoms with E-state index in [-0.39, 0.29) is 11.9 Å². The van der Waals surface area contributed by atoms with E-state index in [0.29, 0.717) is 18.8 Å². The van der Waals surface area contributed by atoms with Crippen molar-refractivity contribution < 1.29 is 14.3 Å². The Labute approximate surface area is 156 Å². The molecular weight excluding hydrogens is 344 g/mol. The molecule has 3 heterocycles. The molecule has 0 saturated carbocycles. The van der Waals surface area contributed by atoms with Crippen molar-refractivity contribution in [2.24, 2.45) is 0 Å². The first-order valence-corrected chi connectivity index (χ1v) is 8.67. The second-order valence-corrected chi connectivity index (χ2v) is 6.27. The summed E-state index contributed by atoms with van der Waals surface area (Å²) in [5.41, 5.74) is 3.94. The SMILES string of the molecule is COCCN1C(=O)c2[nH]nc(-c3cccc(OC)c3)c2[C@@H]1c1cccnc1. The number of benzene rings is 1. The molecule has 138 valence electrons. The number of carbonyl (C=O) groups is 1. The number of rotatable bonds is 6. The van der Waals surface area contributed by atoms with E-state index in [9.17, 15) is 4.79 Å². The first-order chi connectivity index (χ1) is 13.2. The molecule has 0 spiro atoms. The van der Waals surface area contributed by atoms with Gasteiger partial charge < -0.3 is 14.4 Å². The molecule has 3 aromatic rings. The summed E-state index contributed by atoms with van der Waals surface area (Å²) in [5.74, 6) is 0.653. The fraction of sp³-hybridized carbons (Fsp3) is 0.250. The van der Waals surface area contributed by atoms with Crippen molar-refractivity contribution in [3.63, 3.8) is 0 Å². The van der Waals surface area contributed by atoms with Crippen LogP contribution in [0, 0.1) is 0 Å². The Balaban J connectivity index is 1.85. The summed E-state index contributed by atoms with van der Waals surface area (Å²) in [4.78, 5) is 19.0. The molecule has 1 aliphatic heterocycles. The minimum Gasteiger partial charge on any atom is -0.497 e. The van der Waals surface area contributed by atoms with Crippen molar-refractivity contribution in [3.05, 3.63) is 65.6 Å². The molecular formula is C20H20N4O3. The van der Waals surface area contributed by atoms with Crippen molar-refractivity contribution in [1.82, 2.24) is 20.1 Å². The van der Waals surface area contributed by atoms with Crippen LogP contribution in [-0.2, 0) is 4.74 Å². The number of nitrogens with one attached hydrogen (secondary N) is 1. The van der Waals surface area contributed by atoms with E-state index < -0.39 is 0 Å². The molecule has 4 rings (SSSR count). The summed E-state index contributed by atoms with van der Waals surface area (Å²) in [6.45, 7) is 0.934. The molecule has 1 aliphatic rings. The van der Waals surface area contributed by atoms with E-state index in [1.807, 2.05) is 36.4 Å². The van der Waals surface area contributed by atoms with E-state index in [4.69, 9.17) is 9.47 Å². The molecule has 0 radical (unpaired) electrons. The number of ether oxygens (including phenoxy) is 2. The zero-order valence-electron chi connectivity index (χ0n) is 15.2. The molecule has 0 bridgehead atoms. The predicted molar refractivity (Wildman–Crippen MR) is 99.6 cm³/mol. The van der Waals surface area contributed by atoms with Gasteiger partial charge in [0.1, 0.15) is 11.4 Å².